The molecule has 1 atom stereocenters. The number of aliphatic hydroxyl groups excluding tert-OH is 1. The van der Waals surface area contributed by atoms with E-state index in [1.165, 1.54) is 5.56 Å². The molecule has 0 fully saturated rings. The van der Waals surface area contributed by atoms with E-state index in [4.69, 9.17) is 0 Å². The summed E-state index contributed by atoms with van der Waals surface area (Å²) < 4.78 is 0. The number of anilines is 1. The first-order chi connectivity index (χ1) is 8.15. The molecular weight excluding hydrogens is 210 g/mol. The zero-order valence-corrected chi connectivity index (χ0v) is 11.3. The minimum atomic E-state index is -0.161. The molecule has 96 valence electrons. The van der Waals surface area contributed by atoms with Crippen LogP contribution >= 0.6 is 0 Å². The highest BCUT2D eigenvalue weighted by molar-refractivity contribution is 5.46. The van der Waals surface area contributed by atoms with E-state index in [-0.39, 0.29) is 12.1 Å². The smallest absolute Gasteiger partial charge is 0.0661 e. The van der Waals surface area contributed by atoms with Gasteiger partial charge in [-0.25, -0.2) is 0 Å². The summed E-state index contributed by atoms with van der Waals surface area (Å²) in [4.78, 5) is 0. The Bertz CT molecular complexity index is 314. The van der Waals surface area contributed by atoms with Crippen molar-refractivity contribution in [3.63, 3.8) is 0 Å². The van der Waals surface area contributed by atoms with Gasteiger partial charge in [0.05, 0.1) is 12.1 Å². The summed E-state index contributed by atoms with van der Waals surface area (Å²) in [7, 11) is 0. The van der Waals surface area contributed by atoms with Crippen molar-refractivity contribution >= 4 is 5.69 Å². The van der Waals surface area contributed by atoms with Gasteiger partial charge in [-0.05, 0) is 31.9 Å². The SMILES string of the molecule is CCCCC(CC)(CO)Nc1ccc(C)cc1. The molecular formula is C15H25NO. The lowest BCUT2D eigenvalue weighted by molar-refractivity contribution is 0.195. The molecule has 2 N–H and O–H groups in total. The average Bonchev–Trinajstić information content (AvgIpc) is 2.37. The van der Waals surface area contributed by atoms with Gasteiger partial charge in [-0.3, -0.25) is 0 Å². The van der Waals surface area contributed by atoms with Crippen LogP contribution in [0.2, 0.25) is 0 Å². The summed E-state index contributed by atoms with van der Waals surface area (Å²) in [6.07, 6.45) is 4.27. The lowest BCUT2D eigenvalue weighted by Gasteiger charge is -2.33. The maximum Gasteiger partial charge on any atom is 0.0661 e. The molecule has 0 aliphatic carbocycles. The van der Waals surface area contributed by atoms with Gasteiger partial charge in [0.2, 0.25) is 0 Å². The number of aliphatic hydroxyl groups is 1. The second-order valence-corrected chi connectivity index (χ2v) is 4.89. The second-order valence-electron chi connectivity index (χ2n) is 4.89. The molecule has 1 aromatic carbocycles. The van der Waals surface area contributed by atoms with Gasteiger partial charge < -0.3 is 10.4 Å². The van der Waals surface area contributed by atoms with Crippen LogP contribution < -0.4 is 5.32 Å². The van der Waals surface area contributed by atoms with Crippen LogP contribution in [0.4, 0.5) is 5.69 Å². The third-order valence-corrected chi connectivity index (χ3v) is 3.45. The van der Waals surface area contributed by atoms with Crippen molar-refractivity contribution in [1.29, 1.82) is 0 Å². The molecule has 0 bridgehead atoms. The van der Waals surface area contributed by atoms with Crippen LogP contribution in [-0.2, 0) is 0 Å². The molecule has 0 saturated carbocycles. The third kappa shape index (κ3) is 4.04. The van der Waals surface area contributed by atoms with E-state index < -0.39 is 0 Å². The molecule has 17 heavy (non-hydrogen) atoms. The van der Waals surface area contributed by atoms with Crippen LogP contribution in [0.15, 0.2) is 24.3 Å². The lowest BCUT2D eigenvalue weighted by Crippen LogP contribution is -2.41. The number of benzene rings is 1. The summed E-state index contributed by atoms with van der Waals surface area (Å²) in [6.45, 7) is 6.59. The molecule has 2 heteroatoms. The van der Waals surface area contributed by atoms with Crippen molar-refractivity contribution in [3.05, 3.63) is 29.8 Å². The summed E-state index contributed by atoms with van der Waals surface area (Å²) >= 11 is 0. The average molecular weight is 235 g/mol. The van der Waals surface area contributed by atoms with E-state index in [0.29, 0.717) is 0 Å². The molecule has 0 heterocycles. The highest BCUT2D eigenvalue weighted by Gasteiger charge is 2.26. The molecule has 0 saturated heterocycles. The number of hydrogen-bond donors (Lipinski definition) is 2. The summed E-state index contributed by atoms with van der Waals surface area (Å²) in [5.41, 5.74) is 2.20. The summed E-state index contributed by atoms with van der Waals surface area (Å²) in [5, 5.41) is 13.2. The normalized spacial score (nSPS) is 14.4. The molecule has 0 radical (unpaired) electrons. The van der Waals surface area contributed by atoms with Crippen molar-refractivity contribution in [2.24, 2.45) is 0 Å². The van der Waals surface area contributed by atoms with Crippen molar-refractivity contribution < 1.29 is 5.11 Å². The number of rotatable bonds is 7. The number of nitrogens with one attached hydrogen (secondary N) is 1. The molecule has 1 aromatic rings. The summed E-state index contributed by atoms with van der Waals surface area (Å²) in [6, 6.07) is 8.36. The van der Waals surface area contributed by atoms with Gasteiger partial charge >= 0.3 is 0 Å². The molecule has 0 aromatic heterocycles. The van der Waals surface area contributed by atoms with Gasteiger partial charge in [0, 0.05) is 5.69 Å². The van der Waals surface area contributed by atoms with E-state index in [2.05, 4.69) is 50.4 Å². The fourth-order valence-corrected chi connectivity index (χ4v) is 2.02. The van der Waals surface area contributed by atoms with E-state index >= 15 is 0 Å². The number of hydrogen-bond acceptors (Lipinski definition) is 2. The van der Waals surface area contributed by atoms with Crippen molar-refractivity contribution in [2.45, 2.75) is 52.0 Å². The Morgan fingerprint density at radius 3 is 2.29 bits per heavy atom. The van der Waals surface area contributed by atoms with E-state index in [9.17, 15) is 5.11 Å². The Morgan fingerprint density at radius 1 is 1.18 bits per heavy atom. The summed E-state index contributed by atoms with van der Waals surface area (Å²) in [5.74, 6) is 0. The molecule has 2 nitrogen and oxygen atoms in total. The number of aryl methyl sites for hydroxylation is 1. The zero-order valence-electron chi connectivity index (χ0n) is 11.3. The molecule has 1 unspecified atom stereocenters. The van der Waals surface area contributed by atoms with Gasteiger partial charge in [0.25, 0.3) is 0 Å². The predicted molar refractivity (Wildman–Crippen MR) is 74.4 cm³/mol. The standard InChI is InChI=1S/C15H25NO/c1-4-6-11-15(5-2,12-17)16-14-9-7-13(3)8-10-14/h7-10,16-17H,4-6,11-12H2,1-3H3. The predicted octanol–water partition coefficient (Wildman–Crippen LogP) is 3.74. The van der Waals surface area contributed by atoms with E-state index in [1.54, 1.807) is 0 Å². The quantitative estimate of drug-likeness (QED) is 0.754. The number of unbranched alkanes of at least 4 members (excludes halogenated alkanes) is 1. The van der Waals surface area contributed by atoms with E-state index in [0.717, 1.165) is 31.4 Å². The monoisotopic (exact) mass is 235 g/mol. The van der Waals surface area contributed by atoms with Gasteiger partial charge in [-0.1, -0.05) is 44.4 Å². The van der Waals surface area contributed by atoms with Crippen LogP contribution in [0.3, 0.4) is 0 Å². The molecule has 0 aliphatic rings. The second kappa shape index (κ2) is 6.65. The van der Waals surface area contributed by atoms with Crippen LogP contribution in [0, 0.1) is 6.92 Å². The minimum absolute atomic E-state index is 0.161. The highest BCUT2D eigenvalue weighted by atomic mass is 16.3. The maximum atomic E-state index is 9.66. The van der Waals surface area contributed by atoms with Crippen LogP contribution in [0.5, 0.6) is 0 Å². The molecule has 0 aliphatic heterocycles. The highest BCUT2D eigenvalue weighted by Crippen LogP contribution is 2.24. The first-order valence-corrected chi connectivity index (χ1v) is 6.61. The lowest BCUT2D eigenvalue weighted by atomic mass is 9.90. The Hall–Kier alpha value is -1.02. The first kappa shape index (κ1) is 14.0. The van der Waals surface area contributed by atoms with Crippen molar-refractivity contribution in [1.82, 2.24) is 0 Å². The largest absolute Gasteiger partial charge is 0.394 e. The van der Waals surface area contributed by atoms with Gasteiger partial charge in [0.1, 0.15) is 0 Å². The van der Waals surface area contributed by atoms with Gasteiger partial charge in [-0.2, -0.15) is 0 Å². The molecule has 0 spiro atoms. The van der Waals surface area contributed by atoms with Gasteiger partial charge in [-0.15, -0.1) is 0 Å². The zero-order chi connectivity index (χ0) is 12.7. The Kier molecular flexibility index (Phi) is 5.49. The van der Waals surface area contributed by atoms with Crippen molar-refractivity contribution in [3.8, 4) is 0 Å². The third-order valence-electron chi connectivity index (χ3n) is 3.45. The maximum absolute atomic E-state index is 9.66. The fourth-order valence-electron chi connectivity index (χ4n) is 2.02. The topological polar surface area (TPSA) is 32.3 Å². The minimum Gasteiger partial charge on any atom is -0.394 e. The van der Waals surface area contributed by atoms with E-state index in [1.807, 2.05) is 0 Å². The van der Waals surface area contributed by atoms with Gasteiger partial charge in [0.15, 0.2) is 0 Å². The Balaban J connectivity index is 2.74. The fraction of sp³-hybridized carbons (Fsp3) is 0.600. The van der Waals surface area contributed by atoms with Crippen molar-refractivity contribution in [2.75, 3.05) is 11.9 Å². The Morgan fingerprint density at radius 2 is 1.82 bits per heavy atom. The molecule has 1 rings (SSSR count). The molecule has 0 amide bonds. The first-order valence-electron chi connectivity index (χ1n) is 6.61. The Labute approximate surface area is 105 Å². The van der Waals surface area contributed by atoms with Crippen LogP contribution in [-0.4, -0.2) is 17.3 Å². The van der Waals surface area contributed by atoms with Crippen LogP contribution in [0.25, 0.3) is 0 Å². The van der Waals surface area contributed by atoms with Crippen LogP contribution in [0.1, 0.15) is 45.1 Å².